The fourth-order valence-corrected chi connectivity index (χ4v) is 5.19. The molecule has 3 N–H and O–H groups in total. The smallest absolute Gasteiger partial charge is 0.253 e. The zero-order chi connectivity index (χ0) is 26.1. The van der Waals surface area contributed by atoms with Gasteiger partial charge in [-0.3, -0.25) is 4.79 Å². The number of ether oxygens (including phenoxy) is 1. The fraction of sp³-hybridized carbons (Fsp3) is 0.308. The summed E-state index contributed by atoms with van der Waals surface area (Å²) >= 11 is 0. The molecule has 4 rings (SSSR count). The van der Waals surface area contributed by atoms with Crippen LogP contribution in [0.3, 0.4) is 0 Å². The second-order valence-electron chi connectivity index (χ2n) is 9.14. The van der Waals surface area contributed by atoms with Crippen molar-refractivity contribution in [2.75, 3.05) is 0 Å². The monoisotopic (exact) mass is 513 g/mol. The van der Waals surface area contributed by atoms with Gasteiger partial charge in [0.15, 0.2) is 0 Å². The Morgan fingerprint density at radius 2 is 1.86 bits per heavy atom. The highest BCUT2D eigenvalue weighted by molar-refractivity contribution is 7.89. The van der Waals surface area contributed by atoms with Crippen molar-refractivity contribution in [1.29, 1.82) is 0 Å². The molecular weight excluding hydrogens is 485 g/mol. The minimum atomic E-state index is -4.03. The van der Waals surface area contributed by atoms with Crippen LogP contribution in [0.2, 0.25) is 0 Å². The lowest BCUT2D eigenvalue weighted by Gasteiger charge is -2.41. The summed E-state index contributed by atoms with van der Waals surface area (Å²) in [5.41, 5.74) is 0.471. The number of nitrogens with zero attached hydrogens (tertiary/aromatic N) is 1. The van der Waals surface area contributed by atoms with Crippen molar-refractivity contribution < 1.29 is 27.4 Å². The summed E-state index contributed by atoms with van der Waals surface area (Å²) in [6.45, 7) is 5.16. The molecule has 0 bridgehead atoms. The summed E-state index contributed by atoms with van der Waals surface area (Å²) in [5.74, 6) is -0.879. The van der Waals surface area contributed by atoms with Gasteiger partial charge in [0.2, 0.25) is 15.9 Å². The maximum atomic E-state index is 13.9. The van der Waals surface area contributed by atoms with Gasteiger partial charge in [-0.15, -0.1) is 0 Å². The maximum absolute atomic E-state index is 13.9. The van der Waals surface area contributed by atoms with Gasteiger partial charge in [0, 0.05) is 23.9 Å². The van der Waals surface area contributed by atoms with E-state index in [-0.39, 0.29) is 28.4 Å². The van der Waals surface area contributed by atoms with Gasteiger partial charge in [-0.1, -0.05) is 37.3 Å². The van der Waals surface area contributed by atoms with E-state index in [0.29, 0.717) is 5.56 Å². The topological polar surface area (TPSA) is 118 Å². The van der Waals surface area contributed by atoms with Crippen LogP contribution in [-0.4, -0.2) is 36.1 Å². The number of sulfonamides is 1. The van der Waals surface area contributed by atoms with Gasteiger partial charge in [-0.05, 0) is 50.1 Å². The van der Waals surface area contributed by atoms with Gasteiger partial charge in [0.05, 0.1) is 16.5 Å². The van der Waals surface area contributed by atoms with Crippen molar-refractivity contribution in [2.45, 2.75) is 56.4 Å². The number of benzene rings is 2. The van der Waals surface area contributed by atoms with E-state index in [4.69, 9.17) is 4.74 Å². The number of fused-ring (bicyclic) bond motifs is 1. The molecule has 8 nitrogen and oxygen atoms in total. The molecule has 0 unspecified atom stereocenters. The first-order valence-electron chi connectivity index (χ1n) is 11.5. The van der Waals surface area contributed by atoms with Crippen molar-refractivity contribution in [3.8, 4) is 5.88 Å². The van der Waals surface area contributed by atoms with Crippen LogP contribution in [0.25, 0.3) is 0 Å². The Labute approximate surface area is 209 Å². The second kappa shape index (κ2) is 9.96. The molecule has 3 aromatic rings. The molecule has 2 aromatic carbocycles. The molecular formula is C26H28FN3O5S. The number of hydrogen-bond donors (Lipinski definition) is 3. The molecule has 1 aliphatic rings. The van der Waals surface area contributed by atoms with Gasteiger partial charge >= 0.3 is 0 Å². The van der Waals surface area contributed by atoms with Gasteiger partial charge in [0.1, 0.15) is 17.5 Å². The quantitative estimate of drug-likeness (QED) is 0.446. The van der Waals surface area contributed by atoms with Crippen molar-refractivity contribution in [1.82, 2.24) is 15.0 Å². The lowest BCUT2D eigenvalue weighted by Crippen LogP contribution is -2.53. The zero-order valence-corrected chi connectivity index (χ0v) is 21.0. The van der Waals surface area contributed by atoms with Crippen LogP contribution in [0.1, 0.15) is 53.9 Å². The van der Waals surface area contributed by atoms with E-state index in [9.17, 15) is 22.7 Å². The molecule has 0 radical (unpaired) electrons. The number of aliphatic hydroxyl groups excluding tert-OH is 1. The number of aromatic nitrogens is 1. The third-order valence-electron chi connectivity index (χ3n) is 6.19. The van der Waals surface area contributed by atoms with Crippen LogP contribution >= 0.6 is 0 Å². The van der Waals surface area contributed by atoms with Crippen LogP contribution in [0.4, 0.5) is 4.39 Å². The molecule has 2 heterocycles. The van der Waals surface area contributed by atoms with Gasteiger partial charge in [-0.2, -0.15) is 0 Å². The predicted octanol–water partition coefficient (Wildman–Crippen LogP) is 3.26. The van der Waals surface area contributed by atoms with Crippen molar-refractivity contribution in [3.05, 3.63) is 88.9 Å². The molecule has 36 heavy (non-hydrogen) atoms. The molecule has 1 aliphatic heterocycles. The first kappa shape index (κ1) is 25.7. The highest BCUT2D eigenvalue weighted by Gasteiger charge is 2.45. The standard InChI is InChI=1S/C26H28FN3O5S/c1-4-16-9-11-19(12-10-16)36(33,34)30-22-20-13-18(15-29-25(20)35-26(2,3)23(22)31)24(32)28-14-17-7-5-6-8-21(17)27/h5-13,15,22-23,30-31H,4,14H2,1-3H3,(H,28,32)/t22-,23+/m1/s1. The summed E-state index contributed by atoms with van der Waals surface area (Å²) < 4.78 is 48.6. The third kappa shape index (κ3) is 5.25. The molecule has 0 aliphatic carbocycles. The Hall–Kier alpha value is -3.34. The number of hydrogen-bond acceptors (Lipinski definition) is 6. The van der Waals surface area contributed by atoms with E-state index in [1.54, 1.807) is 44.2 Å². The SMILES string of the molecule is CCc1ccc(S(=O)(=O)N[C@@H]2c3cc(C(=O)NCc4ccccc4F)cnc3OC(C)(C)[C@H]2O)cc1. The second-order valence-corrected chi connectivity index (χ2v) is 10.9. The largest absolute Gasteiger partial charge is 0.469 e. The average Bonchev–Trinajstić information content (AvgIpc) is 2.85. The van der Waals surface area contributed by atoms with E-state index in [1.165, 1.54) is 30.5 Å². The number of carbonyl (C=O) groups is 1. The Bertz CT molecular complexity index is 1380. The number of amides is 1. The number of aryl methyl sites for hydroxylation is 1. The van der Waals surface area contributed by atoms with Gasteiger partial charge in [-0.25, -0.2) is 22.5 Å². The van der Waals surface area contributed by atoms with Crippen molar-refractivity contribution in [3.63, 3.8) is 0 Å². The van der Waals surface area contributed by atoms with Crippen LogP contribution < -0.4 is 14.8 Å². The Morgan fingerprint density at radius 3 is 2.53 bits per heavy atom. The van der Waals surface area contributed by atoms with E-state index < -0.39 is 39.5 Å². The average molecular weight is 514 g/mol. The van der Waals surface area contributed by atoms with Crippen LogP contribution in [0, 0.1) is 5.82 Å². The molecule has 10 heteroatoms. The Kier molecular flexibility index (Phi) is 7.12. The van der Waals surface area contributed by atoms with Gasteiger partial charge in [0.25, 0.3) is 5.91 Å². The highest BCUT2D eigenvalue weighted by Crippen LogP contribution is 2.39. The molecule has 0 saturated heterocycles. The van der Waals surface area contributed by atoms with E-state index in [0.717, 1.165) is 12.0 Å². The number of aliphatic hydroxyl groups is 1. The zero-order valence-electron chi connectivity index (χ0n) is 20.2. The fourth-order valence-electron chi connectivity index (χ4n) is 3.97. The predicted molar refractivity (Wildman–Crippen MR) is 131 cm³/mol. The summed E-state index contributed by atoms with van der Waals surface area (Å²) in [4.78, 5) is 17.0. The Morgan fingerprint density at radius 1 is 1.17 bits per heavy atom. The van der Waals surface area contributed by atoms with Gasteiger partial charge < -0.3 is 15.2 Å². The van der Waals surface area contributed by atoms with E-state index in [1.807, 2.05) is 6.92 Å². The van der Waals surface area contributed by atoms with Crippen LogP contribution in [-0.2, 0) is 23.0 Å². The maximum Gasteiger partial charge on any atom is 0.253 e. The van der Waals surface area contributed by atoms with E-state index in [2.05, 4.69) is 15.0 Å². The lowest BCUT2D eigenvalue weighted by molar-refractivity contribution is -0.0632. The number of halogens is 1. The highest BCUT2D eigenvalue weighted by atomic mass is 32.2. The third-order valence-corrected chi connectivity index (χ3v) is 7.64. The molecule has 0 saturated carbocycles. The summed E-state index contributed by atoms with van der Waals surface area (Å²) in [7, 11) is -4.03. The normalized spacial score (nSPS) is 18.7. The summed E-state index contributed by atoms with van der Waals surface area (Å²) in [6.07, 6.45) is 0.771. The Balaban J connectivity index is 1.63. The number of rotatable bonds is 7. The van der Waals surface area contributed by atoms with E-state index >= 15 is 0 Å². The van der Waals surface area contributed by atoms with Crippen molar-refractivity contribution >= 4 is 15.9 Å². The first-order chi connectivity index (χ1) is 17.0. The minimum Gasteiger partial charge on any atom is -0.469 e. The molecule has 1 amide bonds. The molecule has 190 valence electrons. The summed E-state index contributed by atoms with van der Waals surface area (Å²) in [6, 6.07) is 12.8. The van der Waals surface area contributed by atoms with Crippen molar-refractivity contribution in [2.24, 2.45) is 0 Å². The van der Waals surface area contributed by atoms with Crippen LogP contribution in [0.5, 0.6) is 5.88 Å². The lowest BCUT2D eigenvalue weighted by atomic mass is 9.88. The molecule has 1 aromatic heterocycles. The first-order valence-corrected chi connectivity index (χ1v) is 13.0. The molecule has 0 spiro atoms. The number of nitrogens with one attached hydrogen (secondary N) is 2. The molecule has 0 fully saturated rings. The summed E-state index contributed by atoms with van der Waals surface area (Å²) in [5, 5.41) is 13.7. The molecule has 2 atom stereocenters. The minimum absolute atomic E-state index is 0.0431. The van der Waals surface area contributed by atoms with Crippen LogP contribution in [0.15, 0.2) is 65.7 Å². The number of pyridine rings is 1. The number of carbonyl (C=O) groups excluding carboxylic acids is 1.